The summed E-state index contributed by atoms with van der Waals surface area (Å²) in [6.07, 6.45) is 5.54. The van der Waals surface area contributed by atoms with Gasteiger partial charge in [0, 0.05) is 5.54 Å². The molecule has 0 heterocycles. The molecule has 0 amide bonds. The third-order valence-corrected chi connectivity index (χ3v) is 4.03. The maximum absolute atomic E-state index is 14.1. The Morgan fingerprint density at radius 2 is 1.83 bits per heavy atom. The summed E-state index contributed by atoms with van der Waals surface area (Å²) < 4.78 is 14.1. The van der Waals surface area contributed by atoms with Crippen LogP contribution in [0.1, 0.15) is 39.0 Å². The molecule has 1 aromatic carbocycles. The SMILES string of the molecule is CC1(Nc2c(N)cc(N)c(Cl)c2F)CCCCC1. The van der Waals surface area contributed by atoms with E-state index in [0.29, 0.717) is 5.69 Å². The van der Waals surface area contributed by atoms with Gasteiger partial charge < -0.3 is 16.8 Å². The highest BCUT2D eigenvalue weighted by atomic mass is 35.5. The summed E-state index contributed by atoms with van der Waals surface area (Å²) >= 11 is 5.82. The lowest BCUT2D eigenvalue weighted by Gasteiger charge is -2.36. The molecular formula is C13H19ClFN3. The van der Waals surface area contributed by atoms with E-state index >= 15 is 0 Å². The first kappa shape index (κ1) is 13.3. The molecule has 2 rings (SSSR count). The van der Waals surface area contributed by atoms with E-state index in [1.54, 1.807) is 0 Å². The van der Waals surface area contributed by atoms with Crippen LogP contribution in [0.25, 0.3) is 0 Å². The summed E-state index contributed by atoms with van der Waals surface area (Å²) in [6, 6.07) is 1.50. The zero-order valence-corrected chi connectivity index (χ0v) is 11.3. The molecule has 18 heavy (non-hydrogen) atoms. The van der Waals surface area contributed by atoms with Crippen LogP contribution in [0, 0.1) is 5.82 Å². The zero-order valence-electron chi connectivity index (χ0n) is 10.5. The van der Waals surface area contributed by atoms with Gasteiger partial charge >= 0.3 is 0 Å². The lowest BCUT2D eigenvalue weighted by atomic mass is 9.83. The highest BCUT2D eigenvalue weighted by Gasteiger charge is 2.28. The number of benzene rings is 1. The van der Waals surface area contributed by atoms with Gasteiger partial charge in [-0.25, -0.2) is 4.39 Å². The van der Waals surface area contributed by atoms with Crippen LogP contribution >= 0.6 is 11.6 Å². The predicted octanol–water partition coefficient (Wildman–Crippen LogP) is 3.78. The first-order valence-corrected chi connectivity index (χ1v) is 6.62. The first-order valence-electron chi connectivity index (χ1n) is 6.24. The average Bonchev–Trinajstić information content (AvgIpc) is 2.33. The van der Waals surface area contributed by atoms with Crippen molar-refractivity contribution < 1.29 is 4.39 Å². The smallest absolute Gasteiger partial charge is 0.169 e. The van der Waals surface area contributed by atoms with Crippen LogP contribution in [0.5, 0.6) is 0 Å². The van der Waals surface area contributed by atoms with Gasteiger partial charge in [-0.05, 0) is 25.8 Å². The fraction of sp³-hybridized carbons (Fsp3) is 0.538. The van der Waals surface area contributed by atoms with Gasteiger partial charge in [0.2, 0.25) is 0 Å². The van der Waals surface area contributed by atoms with Crippen LogP contribution in [0.2, 0.25) is 5.02 Å². The first-order chi connectivity index (χ1) is 8.43. The summed E-state index contributed by atoms with van der Waals surface area (Å²) in [7, 11) is 0. The minimum atomic E-state index is -0.555. The van der Waals surface area contributed by atoms with E-state index in [0.717, 1.165) is 25.7 Å². The van der Waals surface area contributed by atoms with Gasteiger partial charge in [-0.2, -0.15) is 0 Å². The molecule has 0 spiro atoms. The number of nitrogen functional groups attached to an aromatic ring is 2. The second kappa shape index (κ2) is 4.84. The summed E-state index contributed by atoms with van der Waals surface area (Å²) in [5, 5.41) is 3.16. The monoisotopic (exact) mass is 271 g/mol. The number of nitrogens with one attached hydrogen (secondary N) is 1. The van der Waals surface area contributed by atoms with Gasteiger partial charge in [-0.15, -0.1) is 0 Å². The summed E-state index contributed by atoms with van der Waals surface area (Å²) in [6.45, 7) is 2.09. The van der Waals surface area contributed by atoms with E-state index < -0.39 is 5.82 Å². The van der Waals surface area contributed by atoms with Gasteiger partial charge in [0.1, 0.15) is 5.02 Å². The Morgan fingerprint density at radius 3 is 2.44 bits per heavy atom. The lowest BCUT2D eigenvalue weighted by molar-refractivity contribution is 0.348. The molecule has 0 unspecified atom stereocenters. The Morgan fingerprint density at radius 1 is 1.22 bits per heavy atom. The molecule has 3 nitrogen and oxygen atoms in total. The molecule has 0 saturated heterocycles. The molecule has 0 bridgehead atoms. The number of hydrogen-bond acceptors (Lipinski definition) is 3. The number of rotatable bonds is 2. The van der Waals surface area contributed by atoms with Crippen LogP contribution in [0.3, 0.4) is 0 Å². The third-order valence-electron chi connectivity index (χ3n) is 3.65. The van der Waals surface area contributed by atoms with Crippen molar-refractivity contribution in [2.45, 2.75) is 44.6 Å². The zero-order chi connectivity index (χ0) is 13.3. The van der Waals surface area contributed by atoms with E-state index in [4.69, 9.17) is 23.1 Å². The minimum Gasteiger partial charge on any atom is -0.397 e. The van der Waals surface area contributed by atoms with Crippen LogP contribution in [0.15, 0.2) is 6.07 Å². The molecule has 100 valence electrons. The number of anilines is 3. The molecule has 1 saturated carbocycles. The van der Waals surface area contributed by atoms with Gasteiger partial charge in [0.15, 0.2) is 5.82 Å². The van der Waals surface area contributed by atoms with Crippen molar-refractivity contribution in [2.24, 2.45) is 0 Å². The van der Waals surface area contributed by atoms with Gasteiger partial charge in [-0.3, -0.25) is 0 Å². The molecule has 5 heteroatoms. The number of hydrogen-bond donors (Lipinski definition) is 3. The molecule has 1 aliphatic rings. The Bertz CT molecular complexity index is 456. The fourth-order valence-electron chi connectivity index (χ4n) is 2.55. The maximum Gasteiger partial charge on any atom is 0.169 e. The van der Waals surface area contributed by atoms with Crippen molar-refractivity contribution in [1.82, 2.24) is 0 Å². The van der Waals surface area contributed by atoms with Gasteiger partial charge in [0.05, 0.1) is 17.1 Å². The van der Waals surface area contributed by atoms with Crippen molar-refractivity contribution in [1.29, 1.82) is 0 Å². The molecule has 0 radical (unpaired) electrons. The fourth-order valence-corrected chi connectivity index (χ4v) is 2.70. The minimum absolute atomic E-state index is 0.0638. The van der Waals surface area contributed by atoms with Gasteiger partial charge in [0.25, 0.3) is 0 Å². The normalized spacial score (nSPS) is 18.6. The molecule has 0 aromatic heterocycles. The molecule has 1 aromatic rings. The molecule has 1 fully saturated rings. The van der Waals surface area contributed by atoms with Crippen molar-refractivity contribution in [3.05, 3.63) is 16.9 Å². The topological polar surface area (TPSA) is 64.1 Å². The summed E-state index contributed by atoms with van der Waals surface area (Å²) in [5.74, 6) is -0.555. The van der Waals surface area contributed by atoms with Crippen molar-refractivity contribution in [3.8, 4) is 0 Å². The summed E-state index contributed by atoms with van der Waals surface area (Å²) in [5.41, 5.74) is 12.0. The van der Waals surface area contributed by atoms with E-state index in [1.165, 1.54) is 12.5 Å². The number of nitrogens with two attached hydrogens (primary N) is 2. The molecule has 0 atom stereocenters. The van der Waals surface area contributed by atoms with Crippen LogP contribution in [-0.2, 0) is 0 Å². The Labute approximate surface area is 112 Å². The second-order valence-corrected chi connectivity index (χ2v) is 5.68. The van der Waals surface area contributed by atoms with E-state index in [1.807, 2.05) is 0 Å². The number of halogens is 2. The summed E-state index contributed by atoms with van der Waals surface area (Å²) in [4.78, 5) is 0. The van der Waals surface area contributed by atoms with Crippen LogP contribution < -0.4 is 16.8 Å². The highest BCUT2D eigenvalue weighted by Crippen LogP contribution is 2.38. The Balaban J connectivity index is 2.31. The quantitative estimate of drug-likeness (QED) is 0.717. The predicted molar refractivity (Wildman–Crippen MR) is 75.3 cm³/mol. The van der Waals surface area contributed by atoms with Crippen LogP contribution in [0.4, 0.5) is 21.5 Å². The Kier molecular flexibility index (Phi) is 3.57. The van der Waals surface area contributed by atoms with Crippen molar-refractivity contribution >= 4 is 28.7 Å². The molecule has 1 aliphatic carbocycles. The largest absolute Gasteiger partial charge is 0.397 e. The average molecular weight is 272 g/mol. The van der Waals surface area contributed by atoms with E-state index in [-0.39, 0.29) is 21.9 Å². The maximum atomic E-state index is 14.1. The standard InChI is InChI=1S/C13H19ClFN3/c1-13(5-3-2-4-6-13)18-12-9(17)7-8(16)10(14)11(12)15/h7,18H,2-6,16-17H2,1H3. The highest BCUT2D eigenvalue weighted by molar-refractivity contribution is 6.33. The van der Waals surface area contributed by atoms with Gasteiger partial charge in [-0.1, -0.05) is 30.9 Å². The lowest BCUT2D eigenvalue weighted by Crippen LogP contribution is -2.37. The molecular weight excluding hydrogens is 253 g/mol. The van der Waals surface area contributed by atoms with E-state index in [2.05, 4.69) is 12.2 Å². The van der Waals surface area contributed by atoms with Crippen molar-refractivity contribution in [2.75, 3.05) is 16.8 Å². The van der Waals surface area contributed by atoms with Crippen LogP contribution in [-0.4, -0.2) is 5.54 Å². The Hall–Kier alpha value is -1.16. The molecule has 0 aliphatic heterocycles. The van der Waals surface area contributed by atoms with E-state index in [9.17, 15) is 4.39 Å². The molecule has 5 N–H and O–H groups in total. The third kappa shape index (κ3) is 2.48. The van der Waals surface area contributed by atoms with Crippen molar-refractivity contribution in [3.63, 3.8) is 0 Å². The second-order valence-electron chi connectivity index (χ2n) is 5.30.